The van der Waals surface area contributed by atoms with Crippen LogP contribution in [0.2, 0.25) is 0 Å². The quantitative estimate of drug-likeness (QED) is 0.788. The van der Waals surface area contributed by atoms with Crippen molar-refractivity contribution in [2.75, 3.05) is 11.1 Å². The molecule has 0 saturated heterocycles. The van der Waals surface area contributed by atoms with Gasteiger partial charge in [0, 0.05) is 24.0 Å². The topological polar surface area (TPSA) is 63.8 Å². The number of nitrogens with two attached hydrogens (primary N) is 1. The minimum atomic E-state index is 0.713. The Morgan fingerprint density at radius 3 is 2.88 bits per heavy atom. The van der Waals surface area contributed by atoms with Crippen LogP contribution >= 0.6 is 0 Å². The summed E-state index contributed by atoms with van der Waals surface area (Å²) in [6, 6.07) is 9.78. The molecule has 0 aliphatic rings. The van der Waals surface area contributed by atoms with E-state index in [1.165, 1.54) is 0 Å². The molecule has 0 amide bonds. The highest BCUT2D eigenvalue weighted by atomic mass is 15.0. The number of hydrogen-bond acceptors (Lipinski definition) is 4. The predicted octanol–water partition coefficient (Wildman–Crippen LogP) is 2.23. The highest BCUT2D eigenvalue weighted by molar-refractivity contribution is 5.42. The number of aromatic nitrogens is 2. The molecule has 1 heterocycles. The zero-order valence-electron chi connectivity index (χ0n) is 9.85. The Labute approximate surface area is 101 Å². The molecule has 88 valence electrons. The number of nitrogen functional groups attached to an aromatic ring is 1. The van der Waals surface area contributed by atoms with Crippen molar-refractivity contribution in [3.8, 4) is 0 Å². The molecule has 2 rings (SSSR count). The minimum Gasteiger partial charge on any atom is -0.399 e. The first-order valence-corrected chi connectivity index (χ1v) is 5.67. The third-order valence-corrected chi connectivity index (χ3v) is 2.51. The van der Waals surface area contributed by atoms with Gasteiger partial charge in [0.2, 0.25) is 0 Å². The van der Waals surface area contributed by atoms with Crippen molar-refractivity contribution < 1.29 is 0 Å². The Morgan fingerprint density at radius 1 is 1.24 bits per heavy atom. The van der Waals surface area contributed by atoms with Gasteiger partial charge in [0.25, 0.3) is 0 Å². The average Bonchev–Trinajstić information content (AvgIpc) is 2.37. The van der Waals surface area contributed by atoms with Crippen LogP contribution in [0.4, 0.5) is 11.5 Å². The van der Waals surface area contributed by atoms with Crippen molar-refractivity contribution in [3.05, 3.63) is 47.9 Å². The van der Waals surface area contributed by atoms with E-state index < -0.39 is 0 Å². The third-order valence-electron chi connectivity index (χ3n) is 2.51. The molecule has 0 atom stereocenters. The van der Waals surface area contributed by atoms with Crippen LogP contribution in [0.1, 0.15) is 18.2 Å². The van der Waals surface area contributed by atoms with Crippen molar-refractivity contribution >= 4 is 11.5 Å². The number of hydrogen-bond donors (Lipinski definition) is 2. The fourth-order valence-electron chi connectivity index (χ4n) is 1.58. The summed E-state index contributed by atoms with van der Waals surface area (Å²) >= 11 is 0. The third kappa shape index (κ3) is 3.17. The second-order valence-corrected chi connectivity index (χ2v) is 3.85. The number of nitrogens with one attached hydrogen (secondary N) is 1. The molecule has 1 aromatic heterocycles. The molecule has 0 spiro atoms. The van der Waals surface area contributed by atoms with E-state index in [2.05, 4.69) is 22.2 Å². The van der Waals surface area contributed by atoms with E-state index in [0.29, 0.717) is 6.54 Å². The first-order valence-electron chi connectivity index (χ1n) is 5.67. The number of nitrogens with zero attached hydrogens (tertiary/aromatic N) is 2. The van der Waals surface area contributed by atoms with E-state index in [0.717, 1.165) is 29.2 Å². The van der Waals surface area contributed by atoms with Crippen LogP contribution in [0.25, 0.3) is 0 Å². The van der Waals surface area contributed by atoms with Gasteiger partial charge in [0.1, 0.15) is 12.1 Å². The molecule has 4 nitrogen and oxygen atoms in total. The first-order chi connectivity index (χ1) is 8.28. The lowest BCUT2D eigenvalue weighted by atomic mass is 10.2. The van der Waals surface area contributed by atoms with E-state index in [-0.39, 0.29) is 0 Å². The van der Waals surface area contributed by atoms with E-state index >= 15 is 0 Å². The zero-order valence-corrected chi connectivity index (χ0v) is 9.85. The lowest BCUT2D eigenvalue weighted by molar-refractivity contribution is 0.987. The molecular formula is C13H16N4. The summed E-state index contributed by atoms with van der Waals surface area (Å²) in [4.78, 5) is 8.33. The Hall–Kier alpha value is -2.10. The van der Waals surface area contributed by atoms with Crippen molar-refractivity contribution in [2.24, 2.45) is 0 Å². The second-order valence-electron chi connectivity index (χ2n) is 3.85. The highest BCUT2D eigenvalue weighted by Gasteiger charge is 1.97. The molecule has 3 N–H and O–H groups in total. The number of anilines is 2. The predicted molar refractivity (Wildman–Crippen MR) is 69.6 cm³/mol. The number of rotatable bonds is 4. The molecule has 2 aromatic rings. The van der Waals surface area contributed by atoms with E-state index in [1.807, 2.05) is 30.3 Å². The van der Waals surface area contributed by atoms with Crippen molar-refractivity contribution in [1.29, 1.82) is 0 Å². The highest BCUT2D eigenvalue weighted by Crippen LogP contribution is 2.10. The lowest BCUT2D eigenvalue weighted by Crippen LogP contribution is -2.03. The number of benzene rings is 1. The van der Waals surface area contributed by atoms with Crippen molar-refractivity contribution in [1.82, 2.24) is 9.97 Å². The molecule has 17 heavy (non-hydrogen) atoms. The molecular weight excluding hydrogens is 212 g/mol. The molecule has 0 saturated carbocycles. The fourth-order valence-corrected chi connectivity index (χ4v) is 1.58. The van der Waals surface area contributed by atoms with Crippen LogP contribution in [0.5, 0.6) is 0 Å². The Morgan fingerprint density at radius 2 is 2.12 bits per heavy atom. The first kappa shape index (κ1) is 11.4. The normalized spacial score (nSPS) is 10.2. The molecule has 0 aliphatic heterocycles. The maximum absolute atomic E-state index is 5.72. The largest absolute Gasteiger partial charge is 0.399 e. The maximum Gasteiger partial charge on any atom is 0.129 e. The number of aryl methyl sites for hydroxylation is 1. The summed E-state index contributed by atoms with van der Waals surface area (Å²) in [6.45, 7) is 2.79. The van der Waals surface area contributed by atoms with Gasteiger partial charge in [-0.05, 0) is 24.1 Å². The van der Waals surface area contributed by atoms with Gasteiger partial charge in [-0.15, -0.1) is 0 Å². The van der Waals surface area contributed by atoms with Crippen LogP contribution in [0.15, 0.2) is 36.7 Å². The van der Waals surface area contributed by atoms with Crippen LogP contribution in [0.3, 0.4) is 0 Å². The maximum atomic E-state index is 5.72. The molecule has 0 bridgehead atoms. The van der Waals surface area contributed by atoms with Crippen LogP contribution in [-0.4, -0.2) is 9.97 Å². The van der Waals surface area contributed by atoms with Crippen molar-refractivity contribution in [3.63, 3.8) is 0 Å². The standard InChI is InChI=1S/C13H16N4/c1-2-12-7-13(17-9-16-12)15-8-10-4-3-5-11(14)6-10/h3-7,9H,2,8,14H2,1H3,(H,15,16,17). The smallest absolute Gasteiger partial charge is 0.129 e. The van der Waals surface area contributed by atoms with E-state index in [4.69, 9.17) is 5.73 Å². The lowest BCUT2D eigenvalue weighted by Gasteiger charge is -2.06. The van der Waals surface area contributed by atoms with E-state index in [1.54, 1.807) is 6.33 Å². The van der Waals surface area contributed by atoms with Gasteiger partial charge >= 0.3 is 0 Å². The minimum absolute atomic E-state index is 0.713. The van der Waals surface area contributed by atoms with Crippen LogP contribution in [-0.2, 0) is 13.0 Å². The van der Waals surface area contributed by atoms with Gasteiger partial charge in [0.15, 0.2) is 0 Å². The fraction of sp³-hybridized carbons (Fsp3) is 0.231. The van der Waals surface area contributed by atoms with Crippen molar-refractivity contribution in [2.45, 2.75) is 19.9 Å². The second kappa shape index (κ2) is 5.30. The molecule has 0 radical (unpaired) electrons. The van der Waals surface area contributed by atoms with Gasteiger partial charge in [-0.1, -0.05) is 19.1 Å². The summed E-state index contributed by atoms with van der Waals surface area (Å²) in [6.07, 6.45) is 2.50. The molecule has 0 unspecified atom stereocenters. The monoisotopic (exact) mass is 228 g/mol. The Kier molecular flexibility index (Phi) is 3.55. The summed E-state index contributed by atoms with van der Waals surface area (Å²) in [5.74, 6) is 0.847. The molecule has 0 fully saturated rings. The van der Waals surface area contributed by atoms with Gasteiger partial charge < -0.3 is 11.1 Å². The summed E-state index contributed by atoms with van der Waals surface area (Å²) in [5, 5.41) is 3.26. The summed E-state index contributed by atoms with van der Waals surface area (Å²) in [7, 11) is 0. The van der Waals surface area contributed by atoms with Crippen LogP contribution in [0, 0.1) is 0 Å². The Balaban J connectivity index is 2.02. The van der Waals surface area contributed by atoms with Gasteiger partial charge in [-0.25, -0.2) is 9.97 Å². The molecule has 0 aliphatic carbocycles. The van der Waals surface area contributed by atoms with Gasteiger partial charge in [0.05, 0.1) is 0 Å². The van der Waals surface area contributed by atoms with E-state index in [9.17, 15) is 0 Å². The Bertz CT molecular complexity index is 496. The van der Waals surface area contributed by atoms with Crippen LogP contribution < -0.4 is 11.1 Å². The van der Waals surface area contributed by atoms with Gasteiger partial charge in [-0.2, -0.15) is 0 Å². The van der Waals surface area contributed by atoms with Gasteiger partial charge in [-0.3, -0.25) is 0 Å². The summed E-state index contributed by atoms with van der Waals surface area (Å²) in [5.41, 5.74) is 8.68. The summed E-state index contributed by atoms with van der Waals surface area (Å²) < 4.78 is 0. The SMILES string of the molecule is CCc1cc(NCc2cccc(N)c2)ncn1. The molecule has 4 heteroatoms. The average molecular weight is 228 g/mol. The zero-order chi connectivity index (χ0) is 12.1. The molecule has 1 aromatic carbocycles.